The fraction of sp³-hybridized carbons (Fsp3) is 0.385. The fourth-order valence-corrected chi connectivity index (χ4v) is 4.47. The molecule has 1 fully saturated rings. The van der Waals surface area contributed by atoms with Crippen molar-refractivity contribution in [2.45, 2.75) is 19.6 Å². The van der Waals surface area contributed by atoms with E-state index >= 15 is 0 Å². The Morgan fingerprint density at radius 3 is 2.53 bits per heavy atom. The van der Waals surface area contributed by atoms with Gasteiger partial charge in [-0.05, 0) is 48.4 Å². The number of piperazine rings is 1. The van der Waals surface area contributed by atoms with Gasteiger partial charge < -0.3 is 14.4 Å². The Morgan fingerprint density at radius 1 is 1.09 bits per heavy atom. The highest BCUT2D eigenvalue weighted by molar-refractivity contribution is 6.30. The third-order valence-corrected chi connectivity index (χ3v) is 6.35. The summed E-state index contributed by atoms with van der Waals surface area (Å²) in [4.78, 5) is 17.2. The molecule has 1 amide bonds. The number of amides is 1. The number of ether oxygens (including phenoxy) is 2. The first-order chi connectivity index (χ1) is 16.4. The number of aryl methyl sites for hydroxylation is 2. The standard InChI is InChI=1S/C26H31ClN4O3/c1-19-14-24(29(2)28-19)26(32)31-12-10-30(11-13-31)17-25(21-7-5-9-23(16-21)33-3)34-18-20-6-4-8-22(27)15-20/h4-9,14-16,25H,10-13,17-18H2,1-3H3/t25-/m1/s1. The van der Waals surface area contributed by atoms with E-state index in [0.717, 1.165) is 42.2 Å². The highest BCUT2D eigenvalue weighted by Crippen LogP contribution is 2.25. The van der Waals surface area contributed by atoms with Gasteiger partial charge >= 0.3 is 0 Å². The summed E-state index contributed by atoms with van der Waals surface area (Å²) in [6.07, 6.45) is -0.143. The minimum atomic E-state index is -0.143. The number of benzene rings is 2. The summed E-state index contributed by atoms with van der Waals surface area (Å²) in [5.74, 6) is 0.833. The summed E-state index contributed by atoms with van der Waals surface area (Å²) in [6.45, 7) is 5.98. The number of rotatable bonds is 8. The molecule has 0 bridgehead atoms. The zero-order valence-electron chi connectivity index (χ0n) is 19.9. The molecular weight excluding hydrogens is 452 g/mol. The molecule has 0 radical (unpaired) electrons. The number of aromatic nitrogens is 2. The Hall–Kier alpha value is -2.87. The monoisotopic (exact) mass is 482 g/mol. The van der Waals surface area contributed by atoms with E-state index < -0.39 is 0 Å². The first-order valence-corrected chi connectivity index (χ1v) is 11.8. The van der Waals surface area contributed by atoms with Gasteiger partial charge in [0, 0.05) is 44.8 Å². The van der Waals surface area contributed by atoms with E-state index in [1.54, 1.807) is 11.8 Å². The lowest BCUT2D eigenvalue weighted by Gasteiger charge is -2.36. The first-order valence-electron chi connectivity index (χ1n) is 11.4. The van der Waals surface area contributed by atoms with Crippen molar-refractivity contribution in [3.8, 4) is 5.75 Å². The summed E-state index contributed by atoms with van der Waals surface area (Å²) >= 11 is 6.15. The molecule has 0 N–H and O–H groups in total. The van der Waals surface area contributed by atoms with Gasteiger partial charge in [-0.25, -0.2) is 0 Å². The van der Waals surface area contributed by atoms with E-state index in [2.05, 4.69) is 16.1 Å². The van der Waals surface area contributed by atoms with Crippen LogP contribution in [0.3, 0.4) is 0 Å². The molecule has 0 aliphatic carbocycles. The maximum absolute atomic E-state index is 12.9. The minimum absolute atomic E-state index is 0.0318. The van der Waals surface area contributed by atoms with Crippen molar-refractivity contribution in [3.63, 3.8) is 0 Å². The predicted molar refractivity (Wildman–Crippen MR) is 132 cm³/mol. The molecule has 7 nitrogen and oxygen atoms in total. The smallest absolute Gasteiger partial charge is 0.272 e. The topological polar surface area (TPSA) is 59.8 Å². The predicted octanol–water partition coefficient (Wildman–Crippen LogP) is 4.11. The van der Waals surface area contributed by atoms with Gasteiger partial charge in [-0.2, -0.15) is 5.10 Å². The van der Waals surface area contributed by atoms with Gasteiger partial charge in [0.05, 0.1) is 25.5 Å². The lowest BCUT2D eigenvalue weighted by atomic mass is 10.1. The molecule has 0 saturated carbocycles. The lowest BCUT2D eigenvalue weighted by molar-refractivity contribution is 0.00322. The van der Waals surface area contributed by atoms with Gasteiger partial charge in [-0.1, -0.05) is 35.9 Å². The van der Waals surface area contributed by atoms with E-state index in [0.29, 0.717) is 30.4 Å². The van der Waals surface area contributed by atoms with Gasteiger partial charge in [0.15, 0.2) is 0 Å². The molecule has 34 heavy (non-hydrogen) atoms. The zero-order valence-corrected chi connectivity index (χ0v) is 20.7. The van der Waals surface area contributed by atoms with Crippen molar-refractivity contribution in [2.24, 2.45) is 7.05 Å². The third kappa shape index (κ3) is 5.97. The van der Waals surface area contributed by atoms with Crippen LogP contribution in [0.4, 0.5) is 0 Å². The van der Waals surface area contributed by atoms with Crippen LogP contribution >= 0.6 is 11.6 Å². The number of hydrogen-bond acceptors (Lipinski definition) is 5. The molecule has 1 saturated heterocycles. The number of hydrogen-bond donors (Lipinski definition) is 0. The van der Waals surface area contributed by atoms with Gasteiger partial charge in [-0.15, -0.1) is 0 Å². The quantitative estimate of drug-likeness (QED) is 0.483. The summed E-state index contributed by atoms with van der Waals surface area (Å²) in [6, 6.07) is 17.6. The van der Waals surface area contributed by atoms with Crippen LogP contribution in [0.5, 0.6) is 5.75 Å². The van der Waals surface area contributed by atoms with Crippen LogP contribution < -0.4 is 4.74 Å². The fourth-order valence-electron chi connectivity index (χ4n) is 4.26. The normalized spacial score (nSPS) is 15.4. The lowest BCUT2D eigenvalue weighted by Crippen LogP contribution is -2.50. The molecule has 2 heterocycles. The van der Waals surface area contributed by atoms with Gasteiger partial charge in [0.1, 0.15) is 11.4 Å². The number of nitrogens with zero attached hydrogens (tertiary/aromatic N) is 4. The van der Waals surface area contributed by atoms with Crippen molar-refractivity contribution in [1.29, 1.82) is 0 Å². The van der Waals surface area contributed by atoms with Crippen molar-refractivity contribution in [3.05, 3.63) is 82.1 Å². The van der Waals surface area contributed by atoms with E-state index in [9.17, 15) is 4.79 Å². The molecule has 8 heteroatoms. The van der Waals surface area contributed by atoms with Crippen molar-refractivity contribution in [1.82, 2.24) is 19.6 Å². The molecule has 1 aliphatic rings. The molecule has 0 spiro atoms. The summed E-state index contributed by atoms with van der Waals surface area (Å²) in [7, 11) is 3.48. The average molecular weight is 483 g/mol. The Bertz CT molecular complexity index is 1120. The van der Waals surface area contributed by atoms with Crippen LogP contribution in [0.2, 0.25) is 5.02 Å². The van der Waals surface area contributed by atoms with Crippen molar-refractivity contribution in [2.75, 3.05) is 39.8 Å². The highest BCUT2D eigenvalue weighted by atomic mass is 35.5. The minimum Gasteiger partial charge on any atom is -0.497 e. The second-order valence-corrected chi connectivity index (χ2v) is 9.03. The van der Waals surface area contributed by atoms with Crippen molar-refractivity contribution >= 4 is 17.5 Å². The molecule has 4 rings (SSSR count). The van der Waals surface area contributed by atoms with E-state index in [1.807, 2.05) is 67.4 Å². The average Bonchev–Trinajstić information content (AvgIpc) is 3.19. The van der Waals surface area contributed by atoms with Crippen LogP contribution in [0.15, 0.2) is 54.6 Å². The Balaban J connectivity index is 1.41. The summed E-state index contributed by atoms with van der Waals surface area (Å²) < 4.78 is 13.5. The molecule has 0 unspecified atom stereocenters. The molecule has 180 valence electrons. The number of carbonyl (C=O) groups excluding carboxylic acids is 1. The third-order valence-electron chi connectivity index (χ3n) is 6.11. The van der Waals surface area contributed by atoms with Gasteiger partial charge in [0.25, 0.3) is 5.91 Å². The Kier molecular flexibility index (Phi) is 7.88. The molecule has 1 aromatic heterocycles. The molecule has 3 aromatic rings. The van der Waals surface area contributed by atoms with Crippen LogP contribution in [0.25, 0.3) is 0 Å². The Labute approximate surface area is 205 Å². The second-order valence-electron chi connectivity index (χ2n) is 8.59. The van der Waals surface area contributed by atoms with Crippen LogP contribution in [0.1, 0.15) is 33.4 Å². The van der Waals surface area contributed by atoms with E-state index in [1.165, 1.54) is 0 Å². The molecule has 1 atom stereocenters. The first kappa shape index (κ1) is 24.3. The van der Waals surface area contributed by atoms with Crippen LogP contribution in [-0.4, -0.2) is 65.3 Å². The largest absolute Gasteiger partial charge is 0.497 e. The van der Waals surface area contributed by atoms with Crippen LogP contribution in [-0.2, 0) is 18.4 Å². The molecule has 1 aliphatic heterocycles. The Morgan fingerprint density at radius 2 is 1.85 bits per heavy atom. The maximum Gasteiger partial charge on any atom is 0.272 e. The number of halogens is 1. The van der Waals surface area contributed by atoms with Gasteiger partial charge in [0.2, 0.25) is 0 Å². The maximum atomic E-state index is 12.9. The summed E-state index contributed by atoms with van der Waals surface area (Å²) in [5, 5.41) is 5.00. The summed E-state index contributed by atoms with van der Waals surface area (Å²) in [5.41, 5.74) is 3.57. The second kappa shape index (κ2) is 11.0. The molecule has 2 aromatic carbocycles. The van der Waals surface area contributed by atoms with Crippen LogP contribution in [0, 0.1) is 6.92 Å². The number of methoxy groups -OCH3 is 1. The van der Waals surface area contributed by atoms with E-state index in [-0.39, 0.29) is 12.0 Å². The van der Waals surface area contributed by atoms with Crippen molar-refractivity contribution < 1.29 is 14.3 Å². The number of carbonyl (C=O) groups is 1. The zero-order chi connectivity index (χ0) is 24.1. The van der Waals surface area contributed by atoms with Gasteiger partial charge in [-0.3, -0.25) is 14.4 Å². The highest BCUT2D eigenvalue weighted by Gasteiger charge is 2.26. The SMILES string of the molecule is COc1cccc([C@@H](CN2CCN(C(=O)c3cc(C)nn3C)CC2)OCc2cccc(Cl)c2)c1. The molecular formula is C26H31ClN4O3. The van der Waals surface area contributed by atoms with E-state index in [4.69, 9.17) is 21.1 Å².